The number of halogens is 3. The molecule has 1 amide bonds. The van der Waals surface area contributed by atoms with Crippen molar-refractivity contribution in [3.63, 3.8) is 0 Å². The minimum Gasteiger partial charge on any atom is -0.369 e. The first-order valence-corrected chi connectivity index (χ1v) is 9.21. The zero-order valence-corrected chi connectivity index (χ0v) is 15.5. The normalized spacial score (nSPS) is 22.3. The molecular weight excluding hydrogens is 414 g/mol. The summed E-state index contributed by atoms with van der Waals surface area (Å²) >= 11 is 3.18. The Hall–Kier alpha value is -1.81. The zero-order chi connectivity index (χ0) is 18.9. The standard InChI is InChI=1S/C16H19BrF2N4O3/c17-10-6-11(15(24)22-4-2-1-3-5-22)14(12(7-10)23(25)26)21-13-8-20-9-16(13,18)19/h6-7,13,20-21H,1-5,8-9H2. The largest absolute Gasteiger partial charge is 0.369 e. The smallest absolute Gasteiger partial charge is 0.294 e. The summed E-state index contributed by atoms with van der Waals surface area (Å²) in [5.74, 6) is -3.45. The molecule has 10 heteroatoms. The molecule has 3 rings (SSSR count). The first-order valence-electron chi connectivity index (χ1n) is 8.42. The lowest BCUT2D eigenvalue weighted by molar-refractivity contribution is -0.384. The molecule has 2 fully saturated rings. The average Bonchev–Trinajstić information content (AvgIpc) is 2.94. The maximum atomic E-state index is 14.0. The van der Waals surface area contributed by atoms with Gasteiger partial charge < -0.3 is 15.5 Å². The van der Waals surface area contributed by atoms with Crippen molar-refractivity contribution in [2.45, 2.75) is 31.2 Å². The minimum atomic E-state index is -3.06. The summed E-state index contributed by atoms with van der Waals surface area (Å²) in [5.41, 5.74) is -0.514. The number of alkyl halides is 2. The van der Waals surface area contributed by atoms with Crippen LogP contribution in [0.2, 0.25) is 0 Å². The number of anilines is 1. The van der Waals surface area contributed by atoms with Crippen molar-refractivity contribution >= 4 is 33.2 Å². The SMILES string of the molecule is O=C(c1cc(Br)cc([N+](=O)[O-])c1NC1CNCC1(F)F)N1CCCCC1. The fraction of sp³-hybridized carbons (Fsp3) is 0.562. The Morgan fingerprint density at radius 1 is 1.35 bits per heavy atom. The Morgan fingerprint density at radius 2 is 2.04 bits per heavy atom. The van der Waals surface area contributed by atoms with Crippen molar-refractivity contribution in [1.82, 2.24) is 10.2 Å². The number of benzene rings is 1. The van der Waals surface area contributed by atoms with Crippen LogP contribution < -0.4 is 10.6 Å². The van der Waals surface area contributed by atoms with E-state index >= 15 is 0 Å². The highest BCUT2D eigenvalue weighted by Crippen LogP contribution is 2.36. The van der Waals surface area contributed by atoms with E-state index in [1.807, 2.05) is 0 Å². The predicted octanol–water partition coefficient (Wildman–Crippen LogP) is 3.00. The minimum absolute atomic E-state index is 0.0377. The highest BCUT2D eigenvalue weighted by atomic mass is 79.9. The van der Waals surface area contributed by atoms with Crippen molar-refractivity contribution in [2.24, 2.45) is 0 Å². The fourth-order valence-corrected chi connectivity index (χ4v) is 3.76. The monoisotopic (exact) mass is 432 g/mol. The summed E-state index contributed by atoms with van der Waals surface area (Å²) < 4.78 is 28.3. The zero-order valence-electron chi connectivity index (χ0n) is 13.9. The Labute approximate surface area is 157 Å². The molecule has 0 spiro atoms. The van der Waals surface area contributed by atoms with Crippen molar-refractivity contribution < 1.29 is 18.5 Å². The molecule has 1 aromatic rings. The number of piperidine rings is 1. The van der Waals surface area contributed by atoms with Crippen LogP contribution in [0.3, 0.4) is 0 Å². The molecule has 0 saturated carbocycles. The summed E-state index contributed by atoms with van der Waals surface area (Å²) in [4.78, 5) is 25.3. The number of likely N-dealkylation sites (tertiary alicyclic amines) is 1. The Bertz CT molecular complexity index is 726. The van der Waals surface area contributed by atoms with Gasteiger partial charge in [-0.05, 0) is 25.3 Å². The number of nitrogens with zero attached hydrogens (tertiary/aromatic N) is 2. The highest BCUT2D eigenvalue weighted by molar-refractivity contribution is 9.10. The first-order chi connectivity index (χ1) is 12.3. The lowest BCUT2D eigenvalue weighted by Gasteiger charge is -2.28. The molecule has 0 bridgehead atoms. The number of amides is 1. The Kier molecular flexibility index (Phi) is 5.42. The third-order valence-corrected chi connectivity index (χ3v) is 5.15. The number of nitro benzene ring substituents is 1. The molecule has 0 aromatic heterocycles. The van der Waals surface area contributed by atoms with Gasteiger partial charge >= 0.3 is 0 Å². The number of rotatable bonds is 4. The molecular formula is C16H19BrF2N4O3. The van der Waals surface area contributed by atoms with Gasteiger partial charge in [0.1, 0.15) is 11.7 Å². The molecule has 26 heavy (non-hydrogen) atoms. The van der Waals surface area contributed by atoms with Crippen LogP contribution in [0.15, 0.2) is 16.6 Å². The van der Waals surface area contributed by atoms with Gasteiger partial charge in [-0.15, -0.1) is 0 Å². The van der Waals surface area contributed by atoms with Gasteiger partial charge in [0, 0.05) is 30.2 Å². The Morgan fingerprint density at radius 3 is 2.62 bits per heavy atom. The van der Waals surface area contributed by atoms with E-state index in [0.717, 1.165) is 19.3 Å². The van der Waals surface area contributed by atoms with Gasteiger partial charge in [-0.1, -0.05) is 15.9 Å². The van der Waals surface area contributed by atoms with Crippen molar-refractivity contribution in [1.29, 1.82) is 0 Å². The van der Waals surface area contributed by atoms with E-state index in [4.69, 9.17) is 0 Å². The molecule has 2 N–H and O–H groups in total. The molecule has 2 saturated heterocycles. The average molecular weight is 433 g/mol. The molecule has 1 unspecified atom stereocenters. The van der Waals surface area contributed by atoms with Gasteiger partial charge in [0.25, 0.3) is 17.5 Å². The van der Waals surface area contributed by atoms with E-state index < -0.39 is 29.1 Å². The summed E-state index contributed by atoms with van der Waals surface area (Å²) in [5, 5.41) is 16.6. The van der Waals surface area contributed by atoms with Gasteiger partial charge in [0.15, 0.2) is 0 Å². The van der Waals surface area contributed by atoms with Crippen LogP contribution in [0.4, 0.5) is 20.2 Å². The van der Waals surface area contributed by atoms with Crippen LogP contribution in [-0.4, -0.2) is 53.9 Å². The number of carbonyl (C=O) groups excluding carboxylic acids is 1. The second kappa shape index (κ2) is 7.43. The van der Waals surface area contributed by atoms with E-state index in [2.05, 4.69) is 26.6 Å². The van der Waals surface area contributed by atoms with Gasteiger partial charge in [0.05, 0.1) is 17.0 Å². The van der Waals surface area contributed by atoms with Crippen LogP contribution in [0.25, 0.3) is 0 Å². The van der Waals surface area contributed by atoms with E-state index in [-0.39, 0.29) is 23.7 Å². The van der Waals surface area contributed by atoms with Gasteiger partial charge in [-0.2, -0.15) is 0 Å². The maximum Gasteiger partial charge on any atom is 0.294 e. The number of hydrogen-bond acceptors (Lipinski definition) is 5. The number of nitrogens with one attached hydrogen (secondary N) is 2. The molecule has 2 aliphatic rings. The topological polar surface area (TPSA) is 87.5 Å². The van der Waals surface area contributed by atoms with Crippen molar-refractivity contribution in [3.05, 3.63) is 32.3 Å². The molecule has 0 aliphatic carbocycles. The van der Waals surface area contributed by atoms with E-state index in [0.29, 0.717) is 17.6 Å². The van der Waals surface area contributed by atoms with Gasteiger partial charge in [-0.25, -0.2) is 8.78 Å². The van der Waals surface area contributed by atoms with Crippen molar-refractivity contribution in [3.8, 4) is 0 Å². The molecule has 142 valence electrons. The third kappa shape index (κ3) is 3.80. The number of carbonyl (C=O) groups is 1. The first kappa shape index (κ1) is 19.0. The van der Waals surface area contributed by atoms with Crippen molar-refractivity contribution in [2.75, 3.05) is 31.5 Å². The van der Waals surface area contributed by atoms with Crippen LogP contribution in [0.1, 0.15) is 29.6 Å². The number of nitro groups is 1. The quantitative estimate of drug-likeness (QED) is 0.563. The fourth-order valence-electron chi connectivity index (χ4n) is 3.31. The predicted molar refractivity (Wildman–Crippen MR) is 95.8 cm³/mol. The Balaban J connectivity index is 2.01. The van der Waals surface area contributed by atoms with Crippen LogP contribution in [0.5, 0.6) is 0 Å². The molecule has 1 aromatic carbocycles. The van der Waals surface area contributed by atoms with Crippen LogP contribution in [-0.2, 0) is 0 Å². The van der Waals surface area contributed by atoms with Gasteiger partial charge in [-0.3, -0.25) is 14.9 Å². The molecule has 2 heterocycles. The van der Waals surface area contributed by atoms with E-state index in [1.165, 1.54) is 12.1 Å². The highest BCUT2D eigenvalue weighted by Gasteiger charge is 2.45. The van der Waals surface area contributed by atoms with E-state index in [1.54, 1.807) is 4.90 Å². The van der Waals surface area contributed by atoms with Crippen LogP contribution in [0, 0.1) is 10.1 Å². The lowest BCUT2D eigenvalue weighted by atomic mass is 10.1. The van der Waals surface area contributed by atoms with Crippen LogP contribution >= 0.6 is 15.9 Å². The summed E-state index contributed by atoms with van der Waals surface area (Å²) in [6.45, 7) is 0.557. The maximum absolute atomic E-state index is 14.0. The number of hydrogen-bond donors (Lipinski definition) is 2. The summed E-state index contributed by atoms with van der Waals surface area (Å²) in [7, 11) is 0. The molecule has 7 nitrogen and oxygen atoms in total. The molecule has 2 aliphatic heterocycles. The summed E-state index contributed by atoms with van der Waals surface area (Å²) in [6, 6.07) is 1.35. The van der Waals surface area contributed by atoms with E-state index in [9.17, 15) is 23.7 Å². The van der Waals surface area contributed by atoms with Gasteiger partial charge in [0.2, 0.25) is 0 Å². The second-order valence-corrected chi connectivity index (χ2v) is 7.46. The lowest BCUT2D eigenvalue weighted by Crippen LogP contribution is -2.40. The molecule has 0 radical (unpaired) electrons. The summed E-state index contributed by atoms with van der Waals surface area (Å²) in [6.07, 6.45) is 2.73. The second-order valence-electron chi connectivity index (χ2n) is 6.55. The third-order valence-electron chi connectivity index (χ3n) is 4.69. The molecule has 1 atom stereocenters.